The quantitative estimate of drug-likeness (QED) is 0.809. The van der Waals surface area contributed by atoms with Crippen molar-refractivity contribution in [3.63, 3.8) is 0 Å². The van der Waals surface area contributed by atoms with Crippen molar-refractivity contribution >= 4 is 11.8 Å². The van der Waals surface area contributed by atoms with Crippen molar-refractivity contribution in [3.05, 3.63) is 36.0 Å². The smallest absolute Gasteiger partial charge is 0.258 e. The predicted molar refractivity (Wildman–Crippen MR) is 104 cm³/mol. The monoisotopic (exact) mass is 386 g/mol. The van der Waals surface area contributed by atoms with Crippen molar-refractivity contribution < 1.29 is 19.4 Å². The number of carbonyl (C=O) groups is 2. The first-order valence-corrected chi connectivity index (χ1v) is 9.32. The summed E-state index contributed by atoms with van der Waals surface area (Å²) in [6.45, 7) is 4.86. The number of hydrogen-bond donors (Lipinski definition) is 2. The van der Waals surface area contributed by atoms with Crippen LogP contribution < -0.4 is 4.74 Å². The van der Waals surface area contributed by atoms with Gasteiger partial charge >= 0.3 is 0 Å². The topological polar surface area (TPSA) is 98.8 Å². The van der Waals surface area contributed by atoms with Gasteiger partial charge in [-0.2, -0.15) is 5.10 Å². The molecular weight excluding hydrogens is 360 g/mol. The lowest BCUT2D eigenvalue weighted by molar-refractivity contribution is -0.131. The van der Waals surface area contributed by atoms with E-state index in [2.05, 4.69) is 10.2 Å². The second-order valence-corrected chi connectivity index (χ2v) is 7.42. The summed E-state index contributed by atoms with van der Waals surface area (Å²) < 4.78 is 5.16. The van der Waals surface area contributed by atoms with E-state index < -0.39 is 6.10 Å². The summed E-state index contributed by atoms with van der Waals surface area (Å²) in [6, 6.07) is 7.26. The van der Waals surface area contributed by atoms with Gasteiger partial charge in [0.25, 0.3) is 5.91 Å². The zero-order valence-electron chi connectivity index (χ0n) is 16.4. The first-order valence-electron chi connectivity index (χ1n) is 9.32. The van der Waals surface area contributed by atoms with Crippen molar-refractivity contribution in [3.8, 4) is 17.0 Å². The molecule has 0 bridgehead atoms. The Morgan fingerprint density at radius 1 is 1.32 bits per heavy atom. The van der Waals surface area contributed by atoms with E-state index in [0.717, 1.165) is 5.56 Å². The minimum absolute atomic E-state index is 0.0597. The Bertz CT molecular complexity index is 831. The third-order valence-electron chi connectivity index (χ3n) is 4.66. The van der Waals surface area contributed by atoms with Crippen LogP contribution in [0.2, 0.25) is 0 Å². The van der Waals surface area contributed by atoms with Crippen LogP contribution in [0.3, 0.4) is 0 Å². The highest BCUT2D eigenvalue weighted by molar-refractivity contribution is 6.01. The Kier molecular flexibility index (Phi) is 5.99. The highest BCUT2D eigenvalue weighted by Crippen LogP contribution is 2.25. The maximum absolute atomic E-state index is 13.1. The molecule has 0 radical (unpaired) electrons. The fourth-order valence-electron chi connectivity index (χ4n) is 3.36. The van der Waals surface area contributed by atoms with Gasteiger partial charge in [0.15, 0.2) is 0 Å². The third-order valence-corrected chi connectivity index (χ3v) is 4.66. The normalized spacial score (nSPS) is 17.8. The molecule has 2 amide bonds. The number of aromatic amines is 1. The minimum atomic E-state index is -0.787. The number of aromatic nitrogens is 2. The number of rotatable bonds is 5. The zero-order chi connectivity index (χ0) is 20.3. The Morgan fingerprint density at radius 2 is 2.04 bits per heavy atom. The average molecular weight is 386 g/mol. The van der Waals surface area contributed by atoms with Crippen LogP contribution in [0.25, 0.3) is 11.3 Å². The number of aliphatic hydroxyl groups excluding tert-OH is 1. The van der Waals surface area contributed by atoms with Crippen molar-refractivity contribution in [2.45, 2.75) is 20.0 Å². The van der Waals surface area contributed by atoms with Gasteiger partial charge in [-0.25, -0.2) is 0 Å². The molecule has 1 aromatic heterocycles. The Hall–Kier alpha value is -2.87. The highest BCUT2D eigenvalue weighted by atomic mass is 16.5. The summed E-state index contributed by atoms with van der Waals surface area (Å²) in [4.78, 5) is 28.7. The van der Waals surface area contributed by atoms with Gasteiger partial charge in [0.05, 0.1) is 30.7 Å². The molecule has 8 heteroatoms. The largest absolute Gasteiger partial charge is 0.497 e. The van der Waals surface area contributed by atoms with Crippen LogP contribution in [0, 0.1) is 5.92 Å². The summed E-state index contributed by atoms with van der Waals surface area (Å²) >= 11 is 0. The van der Waals surface area contributed by atoms with Gasteiger partial charge in [0.2, 0.25) is 5.91 Å². The van der Waals surface area contributed by atoms with Crippen LogP contribution in [0.15, 0.2) is 30.5 Å². The van der Waals surface area contributed by atoms with Crippen molar-refractivity contribution in [2.24, 2.45) is 5.92 Å². The van der Waals surface area contributed by atoms with Crippen molar-refractivity contribution in [1.29, 1.82) is 0 Å². The lowest BCUT2D eigenvalue weighted by atomic mass is 10.1. The lowest BCUT2D eigenvalue weighted by Gasteiger charge is -2.23. The average Bonchev–Trinajstić information content (AvgIpc) is 3.10. The first kappa shape index (κ1) is 19.9. The minimum Gasteiger partial charge on any atom is -0.497 e. The number of methoxy groups -OCH3 is 1. The maximum Gasteiger partial charge on any atom is 0.258 e. The second kappa shape index (κ2) is 8.43. The molecule has 1 fully saturated rings. The van der Waals surface area contributed by atoms with E-state index in [4.69, 9.17) is 4.74 Å². The number of benzene rings is 1. The number of aliphatic hydroxyl groups is 1. The number of ether oxygens (including phenoxy) is 1. The molecular formula is C20H26N4O4. The van der Waals surface area contributed by atoms with Crippen LogP contribution in [-0.4, -0.2) is 76.3 Å². The molecule has 3 rings (SSSR count). The number of H-pyrrole nitrogens is 1. The van der Waals surface area contributed by atoms with Crippen LogP contribution in [0.1, 0.15) is 24.2 Å². The number of nitrogens with zero attached hydrogens (tertiary/aromatic N) is 3. The van der Waals surface area contributed by atoms with Gasteiger partial charge in [-0.15, -0.1) is 0 Å². The summed E-state index contributed by atoms with van der Waals surface area (Å²) in [6.07, 6.45) is 0.667. The molecule has 2 aromatic rings. The number of β-amino-alcohol motifs (C(OH)–C–C–N with tert-alkyl or cyclic N) is 1. The second-order valence-electron chi connectivity index (χ2n) is 7.42. The molecule has 28 heavy (non-hydrogen) atoms. The standard InChI is InChI=1S/C20H26N4O4/c1-13(2)9-23-10-15(25)11-24(12-18(23)26)20(27)17-8-21-22-19(17)14-4-6-16(28-3)7-5-14/h4-8,13,15,25H,9-12H2,1-3H3,(H,21,22). The van der Waals surface area contributed by atoms with Gasteiger partial charge in [-0.3, -0.25) is 14.7 Å². The maximum atomic E-state index is 13.1. The lowest BCUT2D eigenvalue weighted by Crippen LogP contribution is -2.40. The van der Waals surface area contributed by atoms with Crippen LogP contribution in [0.5, 0.6) is 5.75 Å². The third kappa shape index (κ3) is 4.33. The Balaban J connectivity index is 1.82. The molecule has 1 unspecified atom stereocenters. The molecule has 150 valence electrons. The van der Waals surface area contributed by atoms with Gasteiger partial charge in [-0.05, 0) is 30.2 Å². The van der Waals surface area contributed by atoms with E-state index in [1.54, 1.807) is 24.1 Å². The van der Waals surface area contributed by atoms with Crippen LogP contribution >= 0.6 is 0 Å². The fraction of sp³-hybridized carbons (Fsp3) is 0.450. The molecule has 1 aliphatic heterocycles. The van der Waals surface area contributed by atoms with Crippen molar-refractivity contribution in [1.82, 2.24) is 20.0 Å². The van der Waals surface area contributed by atoms with Gasteiger partial charge < -0.3 is 19.6 Å². The molecule has 1 saturated heterocycles. The van der Waals surface area contributed by atoms with Crippen LogP contribution in [-0.2, 0) is 4.79 Å². The van der Waals surface area contributed by atoms with E-state index in [9.17, 15) is 14.7 Å². The number of hydrogen-bond acceptors (Lipinski definition) is 5. The Morgan fingerprint density at radius 3 is 2.68 bits per heavy atom. The molecule has 1 aromatic carbocycles. The predicted octanol–water partition coefficient (Wildman–Crippen LogP) is 1.39. The SMILES string of the molecule is COc1ccc(-c2[nH]ncc2C(=O)N2CC(=O)N(CC(C)C)CC(O)C2)cc1. The summed E-state index contributed by atoms with van der Waals surface area (Å²) in [5.41, 5.74) is 1.71. The molecule has 1 aliphatic rings. The number of nitrogens with one attached hydrogen (secondary N) is 1. The molecule has 0 spiro atoms. The highest BCUT2D eigenvalue weighted by Gasteiger charge is 2.31. The fourth-order valence-corrected chi connectivity index (χ4v) is 3.36. The van der Waals surface area contributed by atoms with E-state index >= 15 is 0 Å². The molecule has 0 aliphatic carbocycles. The van der Waals surface area contributed by atoms with Gasteiger partial charge in [-0.1, -0.05) is 13.8 Å². The summed E-state index contributed by atoms with van der Waals surface area (Å²) in [5.74, 6) is 0.503. The molecule has 8 nitrogen and oxygen atoms in total. The molecule has 0 saturated carbocycles. The van der Waals surface area contributed by atoms with E-state index in [1.165, 1.54) is 11.1 Å². The van der Waals surface area contributed by atoms with E-state index in [1.807, 2.05) is 26.0 Å². The Labute approximate surface area is 164 Å². The molecule has 1 atom stereocenters. The molecule has 2 heterocycles. The number of amides is 2. The first-order chi connectivity index (χ1) is 13.4. The van der Waals surface area contributed by atoms with Gasteiger partial charge in [0, 0.05) is 25.2 Å². The zero-order valence-corrected chi connectivity index (χ0v) is 16.4. The van der Waals surface area contributed by atoms with E-state index in [-0.39, 0.29) is 37.4 Å². The summed E-state index contributed by atoms with van der Waals surface area (Å²) in [5, 5.41) is 17.2. The molecule has 2 N–H and O–H groups in total. The van der Waals surface area contributed by atoms with E-state index in [0.29, 0.717) is 23.6 Å². The summed E-state index contributed by atoms with van der Waals surface area (Å²) in [7, 11) is 1.59. The number of carbonyl (C=O) groups excluding carboxylic acids is 2. The van der Waals surface area contributed by atoms with Crippen molar-refractivity contribution in [2.75, 3.05) is 33.3 Å². The van der Waals surface area contributed by atoms with Gasteiger partial charge in [0.1, 0.15) is 12.3 Å². The van der Waals surface area contributed by atoms with Crippen LogP contribution in [0.4, 0.5) is 0 Å².